The molecule has 6 heteroatoms. The maximum absolute atomic E-state index is 12.8. The Labute approximate surface area is 160 Å². The standard InChI is InChI=1S/C20H28N2O3S/c1-2-3-4-5-12-25-17-8-6-16(7-9-17)22-19(23)15-18(20(22)24)21-10-13-26-14-11-21/h6-9,18H,2-5,10-15H2,1H3. The van der Waals surface area contributed by atoms with E-state index < -0.39 is 0 Å². The van der Waals surface area contributed by atoms with Crippen LogP contribution in [0, 0.1) is 0 Å². The maximum atomic E-state index is 12.8. The Morgan fingerprint density at radius 2 is 1.81 bits per heavy atom. The van der Waals surface area contributed by atoms with Gasteiger partial charge in [-0.1, -0.05) is 26.2 Å². The Balaban J connectivity index is 1.58. The number of hydrogen-bond acceptors (Lipinski definition) is 5. The fourth-order valence-corrected chi connectivity index (χ4v) is 4.40. The quantitative estimate of drug-likeness (QED) is 0.514. The molecule has 2 aliphatic rings. The Morgan fingerprint density at radius 1 is 1.08 bits per heavy atom. The predicted octanol–water partition coefficient (Wildman–Crippen LogP) is 3.33. The Kier molecular flexibility index (Phi) is 6.97. The number of thioether (sulfide) groups is 1. The minimum Gasteiger partial charge on any atom is -0.494 e. The number of nitrogens with zero attached hydrogens (tertiary/aromatic N) is 2. The van der Waals surface area contributed by atoms with Gasteiger partial charge in [0.1, 0.15) is 5.75 Å². The molecule has 1 aromatic carbocycles. The van der Waals surface area contributed by atoms with Gasteiger partial charge >= 0.3 is 0 Å². The molecule has 5 nitrogen and oxygen atoms in total. The number of carbonyl (C=O) groups excluding carboxylic acids is 2. The van der Waals surface area contributed by atoms with E-state index in [0.29, 0.717) is 18.7 Å². The molecule has 142 valence electrons. The molecule has 0 bridgehead atoms. The first-order valence-corrected chi connectivity index (χ1v) is 10.8. The van der Waals surface area contributed by atoms with E-state index >= 15 is 0 Å². The summed E-state index contributed by atoms with van der Waals surface area (Å²) in [5.41, 5.74) is 0.646. The number of rotatable bonds is 8. The molecule has 2 fully saturated rings. The molecule has 26 heavy (non-hydrogen) atoms. The molecule has 2 aliphatic heterocycles. The molecule has 1 atom stereocenters. The summed E-state index contributed by atoms with van der Waals surface area (Å²) >= 11 is 1.90. The van der Waals surface area contributed by atoms with E-state index in [4.69, 9.17) is 4.74 Å². The second kappa shape index (κ2) is 9.42. The molecule has 0 radical (unpaired) electrons. The van der Waals surface area contributed by atoms with Crippen LogP contribution >= 0.6 is 11.8 Å². The highest BCUT2D eigenvalue weighted by atomic mass is 32.2. The first-order valence-electron chi connectivity index (χ1n) is 9.62. The van der Waals surface area contributed by atoms with E-state index in [1.54, 1.807) is 0 Å². The average Bonchev–Trinajstić information content (AvgIpc) is 2.97. The Morgan fingerprint density at radius 3 is 2.50 bits per heavy atom. The lowest BCUT2D eigenvalue weighted by Gasteiger charge is -2.30. The molecule has 0 spiro atoms. The highest BCUT2D eigenvalue weighted by molar-refractivity contribution is 7.99. The zero-order chi connectivity index (χ0) is 18.4. The van der Waals surface area contributed by atoms with Crippen molar-refractivity contribution in [2.24, 2.45) is 0 Å². The van der Waals surface area contributed by atoms with Crippen LogP contribution in [0.5, 0.6) is 5.75 Å². The van der Waals surface area contributed by atoms with E-state index in [9.17, 15) is 9.59 Å². The number of anilines is 1. The van der Waals surface area contributed by atoms with Gasteiger partial charge in [-0.3, -0.25) is 14.5 Å². The Hall–Kier alpha value is -1.53. The number of unbranched alkanes of at least 4 members (excludes halogenated alkanes) is 3. The second-order valence-corrected chi connectivity index (χ2v) is 8.06. The van der Waals surface area contributed by atoms with Gasteiger partial charge < -0.3 is 4.74 Å². The highest BCUT2D eigenvalue weighted by Gasteiger charge is 2.42. The van der Waals surface area contributed by atoms with E-state index in [2.05, 4.69) is 11.8 Å². The lowest BCUT2D eigenvalue weighted by atomic mass is 10.2. The number of benzene rings is 1. The third-order valence-electron chi connectivity index (χ3n) is 4.97. The molecule has 0 N–H and O–H groups in total. The molecule has 0 aliphatic carbocycles. The third-order valence-corrected chi connectivity index (χ3v) is 5.91. The summed E-state index contributed by atoms with van der Waals surface area (Å²) in [7, 11) is 0. The molecule has 1 unspecified atom stereocenters. The van der Waals surface area contributed by atoms with Crippen LogP contribution in [0.15, 0.2) is 24.3 Å². The van der Waals surface area contributed by atoms with Gasteiger partial charge in [-0.2, -0.15) is 11.8 Å². The van der Waals surface area contributed by atoms with Gasteiger partial charge in [0, 0.05) is 24.6 Å². The molecule has 3 rings (SSSR count). The van der Waals surface area contributed by atoms with Crippen molar-refractivity contribution in [3.8, 4) is 5.75 Å². The van der Waals surface area contributed by atoms with Crippen molar-refractivity contribution in [2.75, 3.05) is 36.1 Å². The fraction of sp³-hybridized carbons (Fsp3) is 0.600. The number of hydrogen-bond donors (Lipinski definition) is 0. The van der Waals surface area contributed by atoms with Crippen LogP contribution in [0.1, 0.15) is 39.0 Å². The van der Waals surface area contributed by atoms with Crippen LogP contribution in [0.4, 0.5) is 5.69 Å². The van der Waals surface area contributed by atoms with Gasteiger partial charge in [0.25, 0.3) is 5.91 Å². The maximum Gasteiger partial charge on any atom is 0.251 e. The summed E-state index contributed by atoms with van der Waals surface area (Å²) in [6, 6.07) is 7.02. The predicted molar refractivity (Wildman–Crippen MR) is 106 cm³/mol. The van der Waals surface area contributed by atoms with Crippen LogP contribution in [0.2, 0.25) is 0 Å². The molecule has 0 aromatic heterocycles. The largest absolute Gasteiger partial charge is 0.494 e. The van der Waals surface area contributed by atoms with E-state index in [0.717, 1.165) is 36.8 Å². The van der Waals surface area contributed by atoms with E-state index in [1.165, 1.54) is 24.2 Å². The summed E-state index contributed by atoms with van der Waals surface area (Å²) in [4.78, 5) is 28.7. The molecule has 2 amide bonds. The minimum atomic E-state index is -0.294. The van der Waals surface area contributed by atoms with E-state index in [1.807, 2.05) is 36.0 Å². The van der Waals surface area contributed by atoms with Gasteiger partial charge in [0.15, 0.2) is 0 Å². The first kappa shape index (κ1) is 19.2. The topological polar surface area (TPSA) is 49.9 Å². The van der Waals surface area contributed by atoms with Crippen molar-refractivity contribution in [2.45, 2.75) is 45.1 Å². The molecule has 1 aromatic rings. The summed E-state index contributed by atoms with van der Waals surface area (Å²) in [5, 5.41) is 0. The smallest absolute Gasteiger partial charge is 0.251 e. The number of imide groups is 1. The van der Waals surface area contributed by atoms with Crippen LogP contribution < -0.4 is 9.64 Å². The van der Waals surface area contributed by atoms with Gasteiger partial charge in [-0.25, -0.2) is 4.90 Å². The fourth-order valence-electron chi connectivity index (χ4n) is 3.47. The number of carbonyl (C=O) groups is 2. The van der Waals surface area contributed by atoms with Crippen LogP contribution in [-0.4, -0.2) is 54.0 Å². The van der Waals surface area contributed by atoms with Gasteiger partial charge in [-0.15, -0.1) is 0 Å². The summed E-state index contributed by atoms with van der Waals surface area (Å²) < 4.78 is 5.74. The van der Waals surface area contributed by atoms with Crippen LogP contribution in [0.3, 0.4) is 0 Å². The third kappa shape index (κ3) is 4.60. The monoisotopic (exact) mass is 376 g/mol. The normalized spacial score (nSPS) is 21.4. The van der Waals surface area contributed by atoms with Crippen molar-refractivity contribution in [1.82, 2.24) is 4.90 Å². The summed E-state index contributed by atoms with van der Waals surface area (Å²) in [6.45, 7) is 4.66. The summed E-state index contributed by atoms with van der Waals surface area (Å²) in [6.07, 6.45) is 4.97. The Bertz CT molecular complexity index is 614. The zero-order valence-electron chi connectivity index (χ0n) is 15.5. The van der Waals surface area contributed by atoms with Gasteiger partial charge in [0.2, 0.25) is 5.91 Å². The van der Waals surface area contributed by atoms with Crippen LogP contribution in [0.25, 0.3) is 0 Å². The average molecular weight is 377 g/mol. The molecule has 0 saturated carbocycles. The molecular formula is C20H28N2O3S. The summed E-state index contributed by atoms with van der Waals surface area (Å²) in [5.74, 6) is 2.65. The van der Waals surface area contributed by atoms with Crippen LogP contribution in [-0.2, 0) is 9.59 Å². The molecule has 2 saturated heterocycles. The number of amides is 2. The van der Waals surface area contributed by atoms with E-state index in [-0.39, 0.29) is 17.9 Å². The van der Waals surface area contributed by atoms with Crippen molar-refractivity contribution in [3.05, 3.63) is 24.3 Å². The second-order valence-electron chi connectivity index (χ2n) is 6.84. The minimum absolute atomic E-state index is 0.0878. The first-order chi connectivity index (χ1) is 12.7. The van der Waals surface area contributed by atoms with Crippen molar-refractivity contribution in [3.63, 3.8) is 0 Å². The van der Waals surface area contributed by atoms with Gasteiger partial charge in [0.05, 0.1) is 24.8 Å². The SMILES string of the molecule is CCCCCCOc1ccc(N2C(=O)CC(N3CCSCC3)C2=O)cc1. The van der Waals surface area contributed by atoms with Crippen molar-refractivity contribution < 1.29 is 14.3 Å². The van der Waals surface area contributed by atoms with Gasteiger partial charge in [-0.05, 0) is 30.7 Å². The van der Waals surface area contributed by atoms with Crippen molar-refractivity contribution in [1.29, 1.82) is 0 Å². The lowest BCUT2D eigenvalue weighted by molar-refractivity contribution is -0.122. The zero-order valence-corrected chi connectivity index (χ0v) is 16.3. The molecular weight excluding hydrogens is 348 g/mol. The lowest BCUT2D eigenvalue weighted by Crippen LogP contribution is -2.45. The highest BCUT2D eigenvalue weighted by Crippen LogP contribution is 2.28. The molecule has 2 heterocycles. The number of ether oxygens (including phenoxy) is 1. The van der Waals surface area contributed by atoms with Crippen molar-refractivity contribution >= 4 is 29.3 Å².